The molecule has 0 nitrogen and oxygen atoms in total. The molecule has 7 heteroatoms. The molecule has 1 aromatic rings. The Labute approximate surface area is 127 Å². The zero-order valence-corrected chi connectivity index (χ0v) is 14.0. The molecule has 0 aliphatic heterocycles. The van der Waals surface area contributed by atoms with E-state index in [0.29, 0.717) is 15.6 Å². The Hall–Kier alpha value is 1.82. The van der Waals surface area contributed by atoms with Crippen molar-refractivity contribution in [2.75, 3.05) is 0 Å². The first kappa shape index (κ1) is 13.9. The van der Waals surface area contributed by atoms with Crippen molar-refractivity contribution < 1.29 is 0 Å². The molecule has 1 rings (SSSR count). The van der Waals surface area contributed by atoms with Gasteiger partial charge in [-0.3, -0.25) is 0 Å². The molecule has 0 spiro atoms. The predicted octanol–water partition coefficient (Wildman–Crippen LogP) is 6.60. The molecule has 0 radical (unpaired) electrons. The maximum absolute atomic E-state index is 5.99. The Morgan fingerprint density at radius 1 is 0.857 bits per heavy atom. The fraction of sp³-hybridized carbons (Fsp3) is 0.143. The number of hydrogen-bond donors (Lipinski definition) is 0. The average molecular weight is 467 g/mol. The number of benzene rings is 1. The van der Waals surface area contributed by atoms with Crippen LogP contribution >= 0.6 is 94.2 Å². The van der Waals surface area contributed by atoms with Gasteiger partial charge in [0.1, 0.15) is 0 Å². The van der Waals surface area contributed by atoms with Crippen molar-refractivity contribution in [2.45, 2.75) is 2.14 Å². The largest absolute Gasteiger partial charge is 0.161 e. The standard InChI is InChI=1S/C7HBr3Cl4/c8-7(9,10)2-1-3(11)5(13)6(14)4(2)12/h1H. The zero-order valence-electron chi connectivity index (χ0n) is 6.22. The van der Waals surface area contributed by atoms with E-state index in [1.807, 2.05) is 0 Å². The van der Waals surface area contributed by atoms with Crippen molar-refractivity contribution in [1.29, 1.82) is 0 Å². The van der Waals surface area contributed by atoms with Crippen LogP contribution < -0.4 is 0 Å². The molecule has 0 aliphatic rings. The van der Waals surface area contributed by atoms with Gasteiger partial charge in [0.25, 0.3) is 0 Å². The summed E-state index contributed by atoms with van der Waals surface area (Å²) in [6.07, 6.45) is 0. The van der Waals surface area contributed by atoms with E-state index in [1.54, 1.807) is 6.07 Å². The minimum absolute atomic E-state index is 0.235. The first-order valence-electron chi connectivity index (χ1n) is 3.15. The SMILES string of the molecule is Clc1cc(C(Br)(Br)Br)c(Cl)c(Cl)c1Cl. The molecule has 0 bridgehead atoms. The van der Waals surface area contributed by atoms with Gasteiger partial charge in [-0.25, -0.2) is 0 Å². The van der Waals surface area contributed by atoms with Crippen LogP contribution in [0, 0.1) is 0 Å². The van der Waals surface area contributed by atoms with Gasteiger partial charge in [-0.05, 0) is 6.07 Å². The normalized spacial score (nSPS) is 11.9. The molecule has 0 N–H and O–H groups in total. The van der Waals surface area contributed by atoms with Crippen LogP contribution in [0.15, 0.2) is 6.07 Å². The van der Waals surface area contributed by atoms with Gasteiger partial charge in [-0.15, -0.1) is 0 Å². The third-order valence-electron chi connectivity index (χ3n) is 1.41. The van der Waals surface area contributed by atoms with Crippen molar-refractivity contribution in [3.8, 4) is 0 Å². The van der Waals surface area contributed by atoms with Crippen LogP contribution in [0.2, 0.25) is 20.1 Å². The lowest BCUT2D eigenvalue weighted by Crippen LogP contribution is -1.99. The summed E-state index contributed by atoms with van der Waals surface area (Å²) in [5.41, 5.74) is 0.651. The quantitative estimate of drug-likeness (QED) is 0.230. The first-order chi connectivity index (χ1) is 6.25. The van der Waals surface area contributed by atoms with Crippen molar-refractivity contribution in [3.05, 3.63) is 31.7 Å². The van der Waals surface area contributed by atoms with Gasteiger partial charge in [0.05, 0.1) is 20.1 Å². The minimum Gasteiger partial charge on any atom is -0.0826 e. The van der Waals surface area contributed by atoms with Crippen molar-refractivity contribution in [1.82, 2.24) is 0 Å². The molecule has 0 aliphatic carbocycles. The summed E-state index contributed by atoms with van der Waals surface area (Å²) in [6, 6.07) is 1.62. The predicted molar refractivity (Wildman–Crippen MR) is 74.9 cm³/mol. The topological polar surface area (TPSA) is 0 Å². The highest BCUT2D eigenvalue weighted by atomic mass is 80.0. The van der Waals surface area contributed by atoms with E-state index in [2.05, 4.69) is 47.8 Å². The summed E-state index contributed by atoms with van der Waals surface area (Å²) in [5.74, 6) is 0. The van der Waals surface area contributed by atoms with Gasteiger partial charge >= 0.3 is 0 Å². The van der Waals surface area contributed by atoms with Crippen LogP contribution in [0.1, 0.15) is 5.56 Å². The van der Waals surface area contributed by atoms with Crippen LogP contribution in [-0.2, 0) is 2.14 Å². The Kier molecular flexibility index (Phi) is 4.95. The lowest BCUT2D eigenvalue weighted by atomic mass is 10.2. The maximum atomic E-state index is 5.99. The van der Waals surface area contributed by atoms with E-state index in [4.69, 9.17) is 46.4 Å². The fourth-order valence-electron chi connectivity index (χ4n) is 0.779. The van der Waals surface area contributed by atoms with Gasteiger partial charge in [-0.1, -0.05) is 94.2 Å². The molecule has 0 unspecified atom stereocenters. The van der Waals surface area contributed by atoms with Crippen molar-refractivity contribution in [2.24, 2.45) is 0 Å². The lowest BCUT2D eigenvalue weighted by Gasteiger charge is -2.16. The number of hydrogen-bond acceptors (Lipinski definition) is 0. The summed E-state index contributed by atoms with van der Waals surface area (Å²) < 4.78 is -0.665. The molecule has 1 aromatic carbocycles. The zero-order chi connectivity index (χ0) is 11.1. The molecule has 0 saturated carbocycles. The summed E-state index contributed by atoms with van der Waals surface area (Å²) in [5, 5.41) is 1.17. The Bertz CT molecular complexity index is 372. The molecule has 0 saturated heterocycles. The van der Waals surface area contributed by atoms with Crippen molar-refractivity contribution >= 4 is 94.2 Å². The van der Waals surface area contributed by atoms with Gasteiger partial charge in [0.2, 0.25) is 0 Å². The van der Waals surface area contributed by atoms with Gasteiger partial charge in [-0.2, -0.15) is 0 Å². The Morgan fingerprint density at radius 2 is 1.36 bits per heavy atom. The molecule has 0 amide bonds. The molecule has 0 heterocycles. The van der Waals surface area contributed by atoms with Crippen LogP contribution in [0.4, 0.5) is 0 Å². The number of rotatable bonds is 0. The second-order valence-electron chi connectivity index (χ2n) is 2.35. The third kappa shape index (κ3) is 2.93. The average Bonchev–Trinajstić information content (AvgIpc) is 2.06. The molecular formula is C7HBr3Cl4. The highest BCUT2D eigenvalue weighted by Crippen LogP contribution is 2.51. The molecule has 0 fully saturated rings. The third-order valence-corrected chi connectivity index (χ3v) is 4.44. The highest BCUT2D eigenvalue weighted by Gasteiger charge is 2.27. The number of alkyl halides is 3. The van der Waals surface area contributed by atoms with Crippen LogP contribution in [0.25, 0.3) is 0 Å². The summed E-state index contributed by atoms with van der Waals surface area (Å²) in [4.78, 5) is 0. The Balaban J connectivity index is 3.49. The monoisotopic (exact) mass is 462 g/mol. The molecule has 0 aromatic heterocycles. The van der Waals surface area contributed by atoms with Gasteiger partial charge < -0.3 is 0 Å². The van der Waals surface area contributed by atoms with Crippen LogP contribution in [0.5, 0.6) is 0 Å². The molecular weight excluding hydrogens is 466 g/mol. The van der Waals surface area contributed by atoms with Crippen LogP contribution in [-0.4, -0.2) is 0 Å². The van der Waals surface area contributed by atoms with Crippen LogP contribution in [0.3, 0.4) is 0 Å². The van der Waals surface area contributed by atoms with Gasteiger partial charge in [0, 0.05) is 5.56 Å². The van der Waals surface area contributed by atoms with E-state index in [9.17, 15) is 0 Å². The second-order valence-corrected chi connectivity index (χ2v) is 10.6. The first-order valence-corrected chi connectivity index (χ1v) is 7.04. The summed E-state index contributed by atoms with van der Waals surface area (Å²) in [7, 11) is 0. The second kappa shape index (κ2) is 4.99. The maximum Gasteiger partial charge on any atom is 0.161 e. The summed E-state index contributed by atoms with van der Waals surface area (Å²) in [6.45, 7) is 0. The van der Waals surface area contributed by atoms with Gasteiger partial charge in [0.15, 0.2) is 2.14 Å². The molecule has 0 atom stereocenters. The Morgan fingerprint density at radius 3 is 1.79 bits per heavy atom. The van der Waals surface area contributed by atoms with E-state index in [0.717, 1.165) is 0 Å². The fourth-order valence-corrected chi connectivity index (χ4v) is 3.00. The van der Waals surface area contributed by atoms with E-state index < -0.39 is 2.14 Å². The van der Waals surface area contributed by atoms with E-state index in [-0.39, 0.29) is 10.0 Å². The summed E-state index contributed by atoms with van der Waals surface area (Å²) >= 11 is 33.5. The molecule has 14 heavy (non-hydrogen) atoms. The number of halogens is 7. The van der Waals surface area contributed by atoms with E-state index in [1.165, 1.54) is 0 Å². The highest BCUT2D eigenvalue weighted by molar-refractivity contribution is 9.38. The smallest absolute Gasteiger partial charge is 0.0826 e. The minimum atomic E-state index is -0.665. The van der Waals surface area contributed by atoms with E-state index >= 15 is 0 Å². The van der Waals surface area contributed by atoms with Crippen molar-refractivity contribution in [3.63, 3.8) is 0 Å². The molecule has 78 valence electrons. The lowest BCUT2D eigenvalue weighted by molar-refractivity contribution is 1.37.